The minimum absolute atomic E-state index is 0.0498. The van der Waals surface area contributed by atoms with Gasteiger partial charge in [-0.3, -0.25) is 29.2 Å². The molecule has 2 aromatic heterocycles. The number of furan rings is 1. The molecule has 0 saturated heterocycles. The number of allylic oxidation sites excluding steroid dienone is 14. The number of H-pyrrole nitrogens is 1. The minimum Gasteiger partial charge on any atom is -0.502 e. The molecule has 0 saturated carbocycles. The van der Waals surface area contributed by atoms with Gasteiger partial charge >= 0.3 is 0 Å². The summed E-state index contributed by atoms with van der Waals surface area (Å²) in [4.78, 5) is 64.9. The topological polar surface area (TPSA) is 290 Å². The molecule has 0 radical (unpaired) electrons. The number of ether oxygens (including phenoxy) is 8. The van der Waals surface area contributed by atoms with E-state index in [4.69, 9.17) is 42.3 Å². The van der Waals surface area contributed by atoms with E-state index in [9.17, 15) is 57.2 Å². The Kier molecular flexibility index (Phi) is 30.2. The van der Waals surface area contributed by atoms with Gasteiger partial charge in [0.1, 0.15) is 46.3 Å². The minimum atomic E-state index is -0.330. The first-order valence-corrected chi connectivity index (χ1v) is 42.3. The molecule has 0 fully saturated rings. The van der Waals surface area contributed by atoms with E-state index in [0.717, 1.165) is 157 Å². The van der Waals surface area contributed by atoms with Crippen molar-refractivity contribution >= 4 is 104 Å². The van der Waals surface area contributed by atoms with Gasteiger partial charge in [-0.05, 0) is 337 Å². The van der Waals surface area contributed by atoms with Crippen LogP contribution in [0.1, 0.15) is 181 Å². The summed E-state index contributed by atoms with van der Waals surface area (Å²) in [7, 11) is 11.8. The molecular formula is C106H100F4N4O17. The molecule has 0 atom stereocenters. The zero-order chi connectivity index (χ0) is 93.4. The Morgan fingerprint density at radius 3 is 1.01 bits per heavy atom. The Balaban J connectivity index is 0.000000149. The molecule has 4 aliphatic carbocycles. The van der Waals surface area contributed by atoms with E-state index in [-0.39, 0.29) is 75.8 Å². The number of aliphatic imine (C=N–C) groups is 2. The van der Waals surface area contributed by atoms with E-state index in [0.29, 0.717) is 122 Å². The molecule has 0 amide bonds. The number of benzene rings is 8. The summed E-state index contributed by atoms with van der Waals surface area (Å²) in [6, 6.07) is 34.4. The molecule has 6 aliphatic rings. The number of carbonyl (C=O) groups is 4. The lowest BCUT2D eigenvalue weighted by Gasteiger charge is -2.11. The number of methoxy groups -OCH3 is 8. The molecule has 0 spiro atoms. The molecule has 21 nitrogen and oxygen atoms in total. The van der Waals surface area contributed by atoms with Gasteiger partial charge in [0, 0.05) is 70.0 Å². The Bertz CT molecular complexity index is 6230. The summed E-state index contributed by atoms with van der Waals surface area (Å²) in [6.07, 6.45) is 26.4. The van der Waals surface area contributed by atoms with Gasteiger partial charge in [0.2, 0.25) is 23.0 Å². The van der Waals surface area contributed by atoms with Crippen LogP contribution in [0.15, 0.2) is 213 Å². The number of halogens is 4. The standard InChI is InChI=1S/2C27H26FNO4.C27H25FO5.C25H23FN2O4/c2*1-16-21(7-5-20(30)10-17-8-9-29-15-17)24-14-19(28)4-6-22(24)23(16)11-18-12-25(32-2)27(31)26(13-18)33-3;1-16-21(7-5-20(29)10-17-8-9-33-15-17)24-14-19(28)4-6-22(24)23(16)11-18-12-25(31-2)27(30)26(13-18)32-3;1-14-17(6-7-22(29)21-12-27-13-28-21)20-11-16(26)4-5-18(20)19(14)8-15-9-23(31-2)25(30)24(10-15)32-3/h4,6,9,11-15,31H,5,7-8,10H2,1-3H3;4,6,8-9,11-14,31H,5,7,10,15H2,1-3H3;4,6,8-9,11-15,30H,5,7,10H2,1-3H3;4-5,8-13,30H,6-7H2,1-3H3,(H,27,28)/b3*23-11-;19-8-. The lowest BCUT2D eigenvalue weighted by molar-refractivity contribution is -0.119. The number of imidazole rings is 1. The van der Waals surface area contributed by atoms with Crippen molar-refractivity contribution < 1.29 is 99.5 Å². The van der Waals surface area contributed by atoms with Crippen LogP contribution in [-0.2, 0) is 20.8 Å². The third kappa shape index (κ3) is 21.6. The molecular weight excluding hydrogens is 1680 g/mol. The number of rotatable bonds is 31. The van der Waals surface area contributed by atoms with Crippen molar-refractivity contribution in [1.29, 1.82) is 0 Å². The molecule has 0 bridgehead atoms. The van der Waals surface area contributed by atoms with Crippen LogP contribution in [0.2, 0.25) is 0 Å². The predicted molar refractivity (Wildman–Crippen MR) is 501 cm³/mol. The molecule has 131 heavy (non-hydrogen) atoms. The van der Waals surface area contributed by atoms with Crippen molar-refractivity contribution in [2.45, 2.75) is 105 Å². The maximum Gasteiger partial charge on any atom is 0.200 e. The number of hydrogen-bond acceptors (Lipinski definition) is 20. The highest BCUT2D eigenvalue weighted by Crippen LogP contribution is 2.52. The Morgan fingerprint density at radius 2 is 0.733 bits per heavy atom. The van der Waals surface area contributed by atoms with Gasteiger partial charge in [-0.15, -0.1) is 0 Å². The predicted octanol–water partition coefficient (Wildman–Crippen LogP) is 22.9. The number of aromatic hydroxyl groups is 4. The first-order valence-electron chi connectivity index (χ1n) is 42.3. The SMILES string of the molecule is COc1cc(/C=C2/C(C)=C(CCC(=O)CC3=CC=NC3)c3cc(F)ccc32)cc(OC)c1O.COc1cc(/C=C2/C(C)=C(CCC(=O)CC3=CN=CC3)c3cc(F)ccc32)cc(OC)c1O.COc1cc(/C=C2/C(C)=C(CCC(=O)Cc3ccoc3)c3cc(F)ccc32)cc(OC)c1O.COc1cc(/C=C2/C(C)=C(CCC(=O)c3cnc[nH]3)c3cc(F)ccc32)cc(OC)c1O. The summed E-state index contributed by atoms with van der Waals surface area (Å²) in [6.45, 7) is 8.52. The highest BCUT2D eigenvalue weighted by atomic mass is 19.1. The summed E-state index contributed by atoms with van der Waals surface area (Å²) in [5, 5.41) is 40.8. The number of fused-ring (bicyclic) bond motifs is 4. The van der Waals surface area contributed by atoms with Crippen LogP contribution in [-0.4, -0.2) is 129 Å². The van der Waals surface area contributed by atoms with E-state index in [1.54, 1.807) is 110 Å². The van der Waals surface area contributed by atoms with Crippen molar-refractivity contribution in [2.75, 3.05) is 63.4 Å². The Labute approximate surface area is 756 Å². The maximum absolute atomic E-state index is 14.1. The zero-order valence-corrected chi connectivity index (χ0v) is 74.7. The second-order valence-electron chi connectivity index (χ2n) is 31.8. The molecule has 2 aliphatic heterocycles. The molecule has 8 aromatic carbocycles. The number of phenolic OH excluding ortho intramolecular Hbond substituents is 4. The van der Waals surface area contributed by atoms with Crippen LogP contribution in [0.25, 0.3) is 68.9 Å². The second-order valence-corrected chi connectivity index (χ2v) is 31.8. The average molecular weight is 1780 g/mol. The highest BCUT2D eigenvalue weighted by molar-refractivity contribution is 6.10. The van der Waals surface area contributed by atoms with E-state index in [1.807, 2.05) is 58.1 Å². The molecule has 4 heterocycles. The van der Waals surface area contributed by atoms with Crippen LogP contribution in [0, 0.1) is 23.3 Å². The van der Waals surface area contributed by atoms with E-state index >= 15 is 0 Å². The van der Waals surface area contributed by atoms with Gasteiger partial charge < -0.3 is 67.7 Å². The number of hydrogen-bond donors (Lipinski definition) is 5. The number of Topliss-reactive ketones (excluding diaryl/α,β-unsaturated/α-hetero) is 4. The summed E-state index contributed by atoms with van der Waals surface area (Å²) >= 11 is 0. The lowest BCUT2D eigenvalue weighted by Crippen LogP contribution is -2.02. The number of ketones is 4. The normalized spacial score (nSPS) is 14.9. The number of nitrogens with zero attached hydrogens (tertiary/aromatic N) is 3. The molecule has 0 unspecified atom stereocenters. The fourth-order valence-electron chi connectivity index (χ4n) is 16.9. The third-order valence-corrected chi connectivity index (χ3v) is 23.7. The fraction of sp³-hybridized carbons (Fsp3) is 0.236. The summed E-state index contributed by atoms with van der Waals surface area (Å²) < 4.78 is 104. The smallest absolute Gasteiger partial charge is 0.200 e. The van der Waals surface area contributed by atoms with Gasteiger partial charge in [-0.25, -0.2) is 22.5 Å². The van der Waals surface area contributed by atoms with Crippen molar-refractivity contribution in [2.24, 2.45) is 9.98 Å². The van der Waals surface area contributed by atoms with Gasteiger partial charge in [-0.1, -0.05) is 24.3 Å². The van der Waals surface area contributed by atoms with Crippen molar-refractivity contribution in [1.82, 2.24) is 9.97 Å². The second kappa shape index (κ2) is 42.3. The summed E-state index contributed by atoms with van der Waals surface area (Å²) in [5.41, 5.74) is 24.7. The van der Waals surface area contributed by atoms with Gasteiger partial charge in [0.25, 0.3) is 0 Å². The maximum atomic E-state index is 14.1. The zero-order valence-electron chi connectivity index (χ0n) is 74.7. The van der Waals surface area contributed by atoms with Crippen LogP contribution in [0.3, 0.4) is 0 Å². The fourth-order valence-corrected chi connectivity index (χ4v) is 16.9. The number of phenols is 4. The van der Waals surface area contributed by atoms with Crippen molar-refractivity contribution in [3.63, 3.8) is 0 Å². The Morgan fingerprint density at radius 1 is 0.412 bits per heavy atom. The van der Waals surface area contributed by atoms with Crippen LogP contribution >= 0.6 is 0 Å². The quantitative estimate of drug-likeness (QED) is 0.0199. The summed E-state index contributed by atoms with van der Waals surface area (Å²) in [5.74, 6) is 1.18. The van der Waals surface area contributed by atoms with Gasteiger partial charge in [0.15, 0.2) is 51.8 Å². The Hall–Kier alpha value is -15.0. The van der Waals surface area contributed by atoms with E-state index < -0.39 is 0 Å². The van der Waals surface area contributed by atoms with E-state index in [2.05, 4.69) is 20.0 Å². The van der Waals surface area contributed by atoms with E-state index in [1.165, 1.54) is 118 Å². The average Bonchev–Trinajstić information content (AvgIpc) is 1.63. The molecule has 674 valence electrons. The van der Waals surface area contributed by atoms with Crippen LogP contribution in [0.4, 0.5) is 17.6 Å². The van der Waals surface area contributed by atoms with Crippen LogP contribution in [0.5, 0.6) is 69.0 Å². The highest BCUT2D eigenvalue weighted by Gasteiger charge is 2.32. The molecule has 10 aromatic rings. The molecule has 16 rings (SSSR count). The first kappa shape index (κ1) is 93.6. The first-order chi connectivity index (χ1) is 63.1. The molecule has 5 N–H and O–H groups in total. The number of aromatic nitrogens is 2. The largest absolute Gasteiger partial charge is 0.502 e. The van der Waals surface area contributed by atoms with Gasteiger partial charge in [0.05, 0.1) is 88.5 Å². The number of aromatic amines is 1. The molecule has 25 heteroatoms. The number of nitrogens with one attached hydrogen (secondary N) is 1. The van der Waals surface area contributed by atoms with Crippen molar-refractivity contribution in [3.8, 4) is 69.0 Å². The van der Waals surface area contributed by atoms with Crippen molar-refractivity contribution in [3.05, 3.63) is 299 Å². The third-order valence-electron chi connectivity index (χ3n) is 23.7. The van der Waals surface area contributed by atoms with Crippen LogP contribution < -0.4 is 37.9 Å². The lowest BCUT2D eigenvalue weighted by atomic mass is 9.97. The van der Waals surface area contributed by atoms with Gasteiger partial charge in [-0.2, -0.15) is 0 Å². The number of carbonyl (C=O) groups excluding carboxylic acids is 4. The monoisotopic (exact) mass is 1780 g/mol.